The van der Waals surface area contributed by atoms with Gasteiger partial charge in [-0.1, -0.05) is 35.9 Å². The van der Waals surface area contributed by atoms with Crippen LogP contribution in [0.3, 0.4) is 0 Å². The lowest BCUT2D eigenvalue weighted by Gasteiger charge is -2.08. The Hall–Kier alpha value is -3.21. The highest BCUT2D eigenvalue weighted by Crippen LogP contribution is 2.23. The molecule has 0 spiro atoms. The number of aromatic nitrogens is 4. The fraction of sp³-hybridized carbons (Fsp3) is 0.150. The van der Waals surface area contributed by atoms with Crippen LogP contribution in [0.15, 0.2) is 59.8 Å². The van der Waals surface area contributed by atoms with Gasteiger partial charge in [0.1, 0.15) is 0 Å². The average Bonchev–Trinajstić information content (AvgIpc) is 3.03. The molecule has 0 aliphatic carbocycles. The van der Waals surface area contributed by atoms with Gasteiger partial charge in [0.15, 0.2) is 0 Å². The summed E-state index contributed by atoms with van der Waals surface area (Å²) in [7, 11) is 0. The Morgan fingerprint density at radius 2 is 2.00 bits per heavy atom. The molecule has 0 aliphatic rings. The van der Waals surface area contributed by atoms with Gasteiger partial charge in [-0.3, -0.25) is 14.5 Å². The van der Waals surface area contributed by atoms with E-state index in [1.165, 1.54) is 5.56 Å². The van der Waals surface area contributed by atoms with Crippen molar-refractivity contribution in [3.05, 3.63) is 82.2 Å². The van der Waals surface area contributed by atoms with Gasteiger partial charge in [0.05, 0.1) is 29.5 Å². The third kappa shape index (κ3) is 2.85. The van der Waals surface area contributed by atoms with Crippen LogP contribution in [0, 0.1) is 13.8 Å². The molecule has 0 fully saturated rings. The van der Waals surface area contributed by atoms with Crippen molar-refractivity contribution in [2.75, 3.05) is 0 Å². The van der Waals surface area contributed by atoms with Crippen LogP contribution in [0.4, 0.5) is 0 Å². The van der Waals surface area contributed by atoms with E-state index in [2.05, 4.69) is 21.2 Å². The number of fused-ring (bicyclic) bond motifs is 1. The second kappa shape index (κ2) is 6.02. The van der Waals surface area contributed by atoms with Crippen LogP contribution < -0.4 is 5.56 Å². The highest BCUT2D eigenvalue weighted by atomic mass is 16.1. The van der Waals surface area contributed by atoms with Crippen LogP contribution in [-0.2, 0) is 6.54 Å². The molecule has 2 heterocycles. The SMILES string of the molecule is Cc1cccc(Cn2cnc3ccc(-c4c[nH]nc4C)cc3c2=O)c1. The molecule has 0 aliphatic heterocycles. The van der Waals surface area contributed by atoms with Crippen LogP contribution >= 0.6 is 0 Å². The molecule has 5 heteroatoms. The molecular formula is C20H18N4O. The van der Waals surface area contributed by atoms with Gasteiger partial charge >= 0.3 is 0 Å². The first-order valence-corrected chi connectivity index (χ1v) is 8.17. The second-order valence-corrected chi connectivity index (χ2v) is 6.28. The number of rotatable bonds is 3. The molecule has 25 heavy (non-hydrogen) atoms. The van der Waals surface area contributed by atoms with Gasteiger partial charge in [-0.25, -0.2) is 4.98 Å². The highest BCUT2D eigenvalue weighted by molar-refractivity contribution is 5.83. The summed E-state index contributed by atoms with van der Waals surface area (Å²) in [6, 6.07) is 13.9. The van der Waals surface area contributed by atoms with Crippen LogP contribution in [0.1, 0.15) is 16.8 Å². The van der Waals surface area contributed by atoms with E-state index in [0.717, 1.165) is 22.4 Å². The summed E-state index contributed by atoms with van der Waals surface area (Å²) in [5.74, 6) is 0. The van der Waals surface area contributed by atoms with Crippen LogP contribution in [0.2, 0.25) is 0 Å². The van der Waals surface area contributed by atoms with E-state index in [9.17, 15) is 4.79 Å². The molecule has 0 saturated carbocycles. The summed E-state index contributed by atoms with van der Waals surface area (Å²) < 4.78 is 1.66. The van der Waals surface area contributed by atoms with Crippen LogP contribution in [0.5, 0.6) is 0 Å². The van der Waals surface area contributed by atoms with E-state index in [-0.39, 0.29) is 5.56 Å². The Bertz CT molecular complexity index is 1120. The molecule has 4 aromatic rings. The zero-order valence-electron chi connectivity index (χ0n) is 14.2. The van der Waals surface area contributed by atoms with Crippen molar-refractivity contribution in [2.45, 2.75) is 20.4 Å². The van der Waals surface area contributed by atoms with Crippen molar-refractivity contribution in [1.29, 1.82) is 0 Å². The maximum absolute atomic E-state index is 12.9. The Morgan fingerprint density at radius 3 is 2.76 bits per heavy atom. The van der Waals surface area contributed by atoms with Crippen molar-refractivity contribution in [2.24, 2.45) is 0 Å². The molecule has 0 bridgehead atoms. The standard InChI is InChI=1S/C20H18N4O/c1-13-4-3-5-15(8-13)11-24-12-21-19-7-6-16(9-17(19)20(24)25)18-10-22-23-14(18)2/h3-10,12H,11H2,1-2H3,(H,22,23). The number of nitrogens with zero attached hydrogens (tertiary/aromatic N) is 3. The summed E-state index contributed by atoms with van der Waals surface area (Å²) in [6.45, 7) is 4.50. The maximum atomic E-state index is 12.9. The zero-order valence-corrected chi connectivity index (χ0v) is 14.2. The first-order chi connectivity index (χ1) is 12.1. The van der Waals surface area contributed by atoms with Crippen molar-refractivity contribution in [3.8, 4) is 11.1 Å². The lowest BCUT2D eigenvalue weighted by molar-refractivity contribution is 0.748. The van der Waals surface area contributed by atoms with Crippen molar-refractivity contribution in [3.63, 3.8) is 0 Å². The van der Waals surface area contributed by atoms with E-state index in [1.54, 1.807) is 10.9 Å². The molecule has 2 aromatic carbocycles. The molecule has 5 nitrogen and oxygen atoms in total. The summed E-state index contributed by atoms with van der Waals surface area (Å²) in [6.07, 6.45) is 3.47. The number of benzene rings is 2. The molecule has 0 amide bonds. The molecule has 0 saturated heterocycles. The minimum absolute atomic E-state index is 0.0329. The summed E-state index contributed by atoms with van der Waals surface area (Å²) >= 11 is 0. The molecule has 0 radical (unpaired) electrons. The zero-order chi connectivity index (χ0) is 17.4. The van der Waals surface area contributed by atoms with E-state index >= 15 is 0 Å². The predicted octanol–water partition coefficient (Wildman–Crippen LogP) is 3.45. The Kier molecular flexibility index (Phi) is 3.69. The van der Waals surface area contributed by atoms with Crippen LogP contribution in [-0.4, -0.2) is 19.7 Å². The molecule has 124 valence electrons. The Morgan fingerprint density at radius 1 is 1.12 bits per heavy atom. The van der Waals surface area contributed by atoms with Gasteiger partial charge in [-0.05, 0) is 37.1 Å². The quantitative estimate of drug-likeness (QED) is 0.626. The first-order valence-electron chi connectivity index (χ1n) is 8.17. The number of nitrogens with one attached hydrogen (secondary N) is 1. The highest BCUT2D eigenvalue weighted by Gasteiger charge is 2.09. The third-order valence-electron chi connectivity index (χ3n) is 4.40. The third-order valence-corrected chi connectivity index (χ3v) is 4.40. The Labute approximate surface area is 145 Å². The van der Waals surface area contributed by atoms with E-state index in [1.807, 2.05) is 56.4 Å². The minimum Gasteiger partial charge on any atom is -0.294 e. The number of hydrogen-bond donors (Lipinski definition) is 1. The fourth-order valence-corrected chi connectivity index (χ4v) is 3.10. The van der Waals surface area contributed by atoms with Gasteiger partial charge < -0.3 is 0 Å². The fourth-order valence-electron chi connectivity index (χ4n) is 3.10. The second-order valence-electron chi connectivity index (χ2n) is 6.28. The van der Waals surface area contributed by atoms with E-state index < -0.39 is 0 Å². The topological polar surface area (TPSA) is 63.6 Å². The molecule has 0 atom stereocenters. The first kappa shape index (κ1) is 15.3. The maximum Gasteiger partial charge on any atom is 0.261 e. The lowest BCUT2D eigenvalue weighted by atomic mass is 10.0. The molecule has 1 N–H and O–H groups in total. The molecule has 4 rings (SSSR count). The number of aryl methyl sites for hydroxylation is 2. The average molecular weight is 330 g/mol. The van der Waals surface area contributed by atoms with Crippen molar-refractivity contribution in [1.82, 2.24) is 19.7 Å². The normalized spacial score (nSPS) is 11.1. The van der Waals surface area contributed by atoms with Crippen molar-refractivity contribution >= 4 is 10.9 Å². The predicted molar refractivity (Wildman–Crippen MR) is 98.6 cm³/mol. The largest absolute Gasteiger partial charge is 0.294 e. The van der Waals surface area contributed by atoms with Gasteiger partial charge in [-0.15, -0.1) is 0 Å². The molecule has 2 aromatic heterocycles. The molecule has 0 unspecified atom stereocenters. The van der Waals surface area contributed by atoms with E-state index in [0.29, 0.717) is 17.4 Å². The molecular weight excluding hydrogens is 312 g/mol. The van der Waals surface area contributed by atoms with Gasteiger partial charge in [0.25, 0.3) is 5.56 Å². The Balaban J connectivity index is 1.81. The van der Waals surface area contributed by atoms with Gasteiger partial charge in [-0.2, -0.15) is 5.10 Å². The monoisotopic (exact) mass is 330 g/mol. The number of hydrogen-bond acceptors (Lipinski definition) is 3. The summed E-state index contributed by atoms with van der Waals surface area (Å²) in [5.41, 5.74) is 5.80. The van der Waals surface area contributed by atoms with Gasteiger partial charge in [0, 0.05) is 11.8 Å². The minimum atomic E-state index is -0.0329. The van der Waals surface area contributed by atoms with Crippen LogP contribution in [0.25, 0.3) is 22.0 Å². The summed E-state index contributed by atoms with van der Waals surface area (Å²) in [5, 5.41) is 7.63. The smallest absolute Gasteiger partial charge is 0.261 e. The number of aromatic amines is 1. The van der Waals surface area contributed by atoms with Gasteiger partial charge in [0.2, 0.25) is 0 Å². The summed E-state index contributed by atoms with van der Waals surface area (Å²) in [4.78, 5) is 17.4. The number of H-pyrrole nitrogens is 1. The van der Waals surface area contributed by atoms with Crippen molar-refractivity contribution < 1.29 is 0 Å². The van der Waals surface area contributed by atoms with E-state index in [4.69, 9.17) is 0 Å². The lowest BCUT2D eigenvalue weighted by Crippen LogP contribution is -2.21.